The van der Waals surface area contributed by atoms with Crippen LogP contribution in [0, 0.1) is 10.1 Å². The highest BCUT2D eigenvalue weighted by atomic mass is 16.6. The van der Waals surface area contributed by atoms with Gasteiger partial charge in [-0.05, 0) is 18.1 Å². The molecule has 0 atom stereocenters. The van der Waals surface area contributed by atoms with Crippen LogP contribution in [0.3, 0.4) is 0 Å². The van der Waals surface area contributed by atoms with Crippen LogP contribution in [0.15, 0.2) is 30.7 Å². The van der Waals surface area contributed by atoms with Crippen LogP contribution in [-0.2, 0) is 6.42 Å². The molecule has 8 nitrogen and oxygen atoms in total. The van der Waals surface area contributed by atoms with E-state index in [1.807, 2.05) is 12.1 Å². The quantitative estimate of drug-likeness (QED) is 0.607. The van der Waals surface area contributed by atoms with Crippen LogP contribution in [0.1, 0.15) is 5.56 Å². The second kappa shape index (κ2) is 6.41. The van der Waals surface area contributed by atoms with E-state index in [9.17, 15) is 10.1 Å². The number of hydrogen-bond acceptors (Lipinski definition) is 7. The Morgan fingerprint density at radius 1 is 1.40 bits per heavy atom. The van der Waals surface area contributed by atoms with Crippen molar-refractivity contribution in [3.05, 3.63) is 46.4 Å². The van der Waals surface area contributed by atoms with Gasteiger partial charge in [0.1, 0.15) is 6.20 Å². The van der Waals surface area contributed by atoms with Gasteiger partial charge in [0.2, 0.25) is 11.8 Å². The first-order valence-corrected chi connectivity index (χ1v) is 6.02. The van der Waals surface area contributed by atoms with Crippen LogP contribution in [0.2, 0.25) is 0 Å². The molecule has 0 saturated carbocycles. The van der Waals surface area contributed by atoms with Gasteiger partial charge in [-0.2, -0.15) is 4.98 Å². The Bertz CT molecular complexity index is 590. The second-order valence-electron chi connectivity index (χ2n) is 3.97. The number of rotatable bonds is 6. The van der Waals surface area contributed by atoms with Gasteiger partial charge in [-0.1, -0.05) is 6.07 Å². The van der Waals surface area contributed by atoms with Gasteiger partial charge < -0.3 is 10.6 Å². The molecule has 0 bridgehead atoms. The van der Waals surface area contributed by atoms with Gasteiger partial charge in [0, 0.05) is 26.0 Å². The summed E-state index contributed by atoms with van der Waals surface area (Å²) in [6.07, 6.45) is 5.34. The standard InChI is InChI=1S/C12H14N6O2/c1-13-12-16-8-10(18(19)20)11(17-12)15-6-4-9-3-2-5-14-7-9/h2-3,5,7-8H,4,6H2,1H3,(H2,13,15,16,17). The van der Waals surface area contributed by atoms with Crippen LogP contribution < -0.4 is 10.6 Å². The summed E-state index contributed by atoms with van der Waals surface area (Å²) >= 11 is 0. The van der Waals surface area contributed by atoms with Crippen LogP contribution in [0.5, 0.6) is 0 Å². The van der Waals surface area contributed by atoms with Crippen molar-refractivity contribution < 1.29 is 4.92 Å². The van der Waals surface area contributed by atoms with Gasteiger partial charge in [0.25, 0.3) is 0 Å². The number of nitro groups is 1. The minimum Gasteiger partial charge on any atom is -0.364 e. The molecule has 2 aromatic rings. The minimum absolute atomic E-state index is 0.143. The third kappa shape index (κ3) is 3.37. The van der Waals surface area contributed by atoms with E-state index < -0.39 is 4.92 Å². The first kappa shape index (κ1) is 13.7. The fourth-order valence-electron chi connectivity index (χ4n) is 1.63. The van der Waals surface area contributed by atoms with Crippen LogP contribution in [0.25, 0.3) is 0 Å². The van der Waals surface area contributed by atoms with E-state index in [0.29, 0.717) is 18.9 Å². The Hall–Kier alpha value is -2.77. The molecule has 20 heavy (non-hydrogen) atoms. The van der Waals surface area contributed by atoms with Gasteiger partial charge in [0.15, 0.2) is 0 Å². The number of hydrogen-bond donors (Lipinski definition) is 2. The molecule has 0 radical (unpaired) electrons. The van der Waals surface area contributed by atoms with Crippen molar-refractivity contribution in [3.8, 4) is 0 Å². The number of nitrogens with one attached hydrogen (secondary N) is 2. The van der Waals surface area contributed by atoms with Crippen LogP contribution in [0.4, 0.5) is 17.5 Å². The zero-order chi connectivity index (χ0) is 14.4. The molecule has 0 aliphatic heterocycles. The average molecular weight is 274 g/mol. The van der Waals surface area contributed by atoms with E-state index >= 15 is 0 Å². The summed E-state index contributed by atoms with van der Waals surface area (Å²) in [6, 6.07) is 3.80. The molecule has 8 heteroatoms. The maximum atomic E-state index is 10.9. The molecule has 0 unspecified atom stereocenters. The lowest BCUT2D eigenvalue weighted by atomic mass is 10.2. The first-order valence-electron chi connectivity index (χ1n) is 6.02. The van der Waals surface area contributed by atoms with Crippen molar-refractivity contribution in [2.24, 2.45) is 0 Å². The molecule has 0 aromatic carbocycles. The number of nitrogens with zero attached hydrogens (tertiary/aromatic N) is 4. The van der Waals surface area contributed by atoms with Crippen molar-refractivity contribution in [3.63, 3.8) is 0 Å². The molecule has 2 N–H and O–H groups in total. The molecule has 0 aliphatic carbocycles. The van der Waals surface area contributed by atoms with Gasteiger partial charge in [-0.15, -0.1) is 0 Å². The van der Waals surface area contributed by atoms with Crippen molar-refractivity contribution in [1.82, 2.24) is 15.0 Å². The van der Waals surface area contributed by atoms with Crippen molar-refractivity contribution in [1.29, 1.82) is 0 Å². The third-order valence-electron chi connectivity index (χ3n) is 2.62. The maximum Gasteiger partial charge on any atom is 0.329 e. The van der Waals surface area contributed by atoms with Crippen molar-refractivity contribution in [2.45, 2.75) is 6.42 Å². The molecule has 2 rings (SSSR count). The van der Waals surface area contributed by atoms with E-state index in [1.165, 1.54) is 6.20 Å². The zero-order valence-electron chi connectivity index (χ0n) is 10.9. The van der Waals surface area contributed by atoms with E-state index in [4.69, 9.17) is 0 Å². The summed E-state index contributed by atoms with van der Waals surface area (Å²) in [6.45, 7) is 0.521. The van der Waals surface area contributed by atoms with Crippen LogP contribution in [-0.4, -0.2) is 33.5 Å². The minimum atomic E-state index is -0.508. The number of aromatic nitrogens is 3. The van der Waals surface area contributed by atoms with Crippen LogP contribution >= 0.6 is 0 Å². The molecular formula is C12H14N6O2. The molecule has 2 aromatic heterocycles. The van der Waals surface area contributed by atoms with E-state index in [-0.39, 0.29) is 11.5 Å². The highest BCUT2D eigenvalue weighted by Crippen LogP contribution is 2.21. The summed E-state index contributed by atoms with van der Waals surface area (Å²) in [7, 11) is 1.65. The molecule has 2 heterocycles. The lowest BCUT2D eigenvalue weighted by molar-refractivity contribution is -0.384. The van der Waals surface area contributed by atoms with E-state index in [1.54, 1.807) is 19.4 Å². The molecule has 0 fully saturated rings. The van der Waals surface area contributed by atoms with E-state index in [2.05, 4.69) is 25.6 Å². The lowest BCUT2D eigenvalue weighted by Crippen LogP contribution is -2.10. The summed E-state index contributed by atoms with van der Waals surface area (Å²) in [4.78, 5) is 22.3. The molecular weight excluding hydrogens is 260 g/mol. The summed E-state index contributed by atoms with van der Waals surface area (Å²) in [5, 5.41) is 16.6. The Labute approximate surface area is 115 Å². The fraction of sp³-hybridized carbons (Fsp3) is 0.250. The summed E-state index contributed by atoms with van der Waals surface area (Å²) in [5.74, 6) is 0.540. The largest absolute Gasteiger partial charge is 0.364 e. The molecule has 104 valence electrons. The Morgan fingerprint density at radius 2 is 2.25 bits per heavy atom. The molecule has 0 spiro atoms. The predicted octanol–water partition coefficient (Wildman–Crippen LogP) is 1.48. The monoisotopic (exact) mass is 274 g/mol. The van der Waals surface area contributed by atoms with Crippen molar-refractivity contribution >= 4 is 17.5 Å². The molecule has 0 aliphatic rings. The lowest BCUT2D eigenvalue weighted by Gasteiger charge is -2.07. The van der Waals surface area contributed by atoms with Gasteiger partial charge in [0.05, 0.1) is 4.92 Å². The first-order chi connectivity index (χ1) is 9.70. The van der Waals surface area contributed by atoms with Gasteiger partial charge in [-0.25, -0.2) is 4.98 Å². The molecule has 0 amide bonds. The highest BCUT2D eigenvalue weighted by Gasteiger charge is 2.16. The Kier molecular flexibility index (Phi) is 4.38. The Balaban J connectivity index is 2.06. The normalized spacial score (nSPS) is 10.1. The third-order valence-corrected chi connectivity index (χ3v) is 2.62. The maximum absolute atomic E-state index is 10.9. The average Bonchev–Trinajstić information content (AvgIpc) is 2.48. The second-order valence-corrected chi connectivity index (χ2v) is 3.97. The molecule has 0 saturated heterocycles. The Morgan fingerprint density at radius 3 is 2.90 bits per heavy atom. The van der Waals surface area contributed by atoms with Gasteiger partial charge in [-0.3, -0.25) is 15.1 Å². The smallest absolute Gasteiger partial charge is 0.329 e. The van der Waals surface area contributed by atoms with E-state index in [0.717, 1.165) is 5.56 Å². The summed E-state index contributed by atoms with van der Waals surface area (Å²) < 4.78 is 0. The fourth-order valence-corrected chi connectivity index (χ4v) is 1.63. The van der Waals surface area contributed by atoms with Gasteiger partial charge >= 0.3 is 5.69 Å². The SMILES string of the molecule is CNc1ncc([N+](=O)[O-])c(NCCc2cccnc2)n1. The zero-order valence-corrected chi connectivity index (χ0v) is 10.9. The number of pyridine rings is 1. The number of anilines is 2. The van der Waals surface area contributed by atoms with Crippen molar-refractivity contribution in [2.75, 3.05) is 24.2 Å². The predicted molar refractivity (Wildman–Crippen MR) is 74.7 cm³/mol. The topological polar surface area (TPSA) is 106 Å². The summed E-state index contributed by atoms with van der Waals surface area (Å²) in [5.41, 5.74) is 0.903. The highest BCUT2D eigenvalue weighted by molar-refractivity contribution is 5.56.